The number of ether oxygens (including phenoxy) is 1. The summed E-state index contributed by atoms with van der Waals surface area (Å²) in [6, 6.07) is 11.3. The van der Waals surface area contributed by atoms with E-state index in [2.05, 4.69) is 0 Å². The Kier molecular flexibility index (Phi) is 5.04. The van der Waals surface area contributed by atoms with Gasteiger partial charge < -0.3 is 9.64 Å². The fourth-order valence-electron chi connectivity index (χ4n) is 1.65. The van der Waals surface area contributed by atoms with Gasteiger partial charge in [-0.1, -0.05) is 29.3 Å². The van der Waals surface area contributed by atoms with Crippen LogP contribution in [-0.4, -0.2) is 31.0 Å². The monoisotopic (exact) mass is 309 g/mol. The van der Waals surface area contributed by atoms with E-state index < -0.39 is 0 Å². The Bertz CT molecular complexity index is 580. The standard InChI is InChI=1S/C15H16ClNO2S/c1-11-3-5-12(6-4-11)19-10-9-17(2)15(18)13-7-8-14(16)20-13/h3-8H,9-10H2,1-2H3. The van der Waals surface area contributed by atoms with Crippen LogP contribution in [0, 0.1) is 6.92 Å². The topological polar surface area (TPSA) is 29.5 Å². The number of aryl methyl sites for hydroxylation is 1. The van der Waals surface area contributed by atoms with Crippen LogP contribution < -0.4 is 4.74 Å². The Hall–Kier alpha value is -1.52. The fourth-order valence-corrected chi connectivity index (χ4v) is 2.69. The molecule has 106 valence electrons. The molecule has 0 N–H and O–H groups in total. The van der Waals surface area contributed by atoms with E-state index in [9.17, 15) is 4.79 Å². The predicted octanol–water partition coefficient (Wildman–Crippen LogP) is 3.86. The number of rotatable bonds is 5. The Morgan fingerprint density at radius 1 is 1.25 bits per heavy atom. The lowest BCUT2D eigenvalue weighted by atomic mass is 10.2. The van der Waals surface area contributed by atoms with Crippen LogP contribution in [0.5, 0.6) is 5.75 Å². The van der Waals surface area contributed by atoms with E-state index in [1.807, 2.05) is 31.2 Å². The first-order chi connectivity index (χ1) is 9.56. The van der Waals surface area contributed by atoms with Crippen molar-refractivity contribution in [2.24, 2.45) is 0 Å². The van der Waals surface area contributed by atoms with Crippen molar-refractivity contribution in [1.29, 1.82) is 0 Å². The molecule has 1 aromatic heterocycles. The summed E-state index contributed by atoms with van der Waals surface area (Å²) in [7, 11) is 1.76. The van der Waals surface area contributed by atoms with Crippen LogP contribution in [0.2, 0.25) is 4.34 Å². The van der Waals surface area contributed by atoms with Crippen molar-refractivity contribution in [1.82, 2.24) is 4.90 Å². The maximum atomic E-state index is 12.1. The lowest BCUT2D eigenvalue weighted by Gasteiger charge is -2.16. The zero-order valence-corrected chi connectivity index (χ0v) is 13.0. The van der Waals surface area contributed by atoms with Gasteiger partial charge in [0.25, 0.3) is 5.91 Å². The second-order valence-corrected chi connectivity index (χ2v) is 6.21. The molecule has 0 saturated heterocycles. The number of nitrogens with zero attached hydrogens (tertiary/aromatic N) is 1. The normalized spacial score (nSPS) is 10.3. The van der Waals surface area contributed by atoms with E-state index in [0.717, 1.165) is 5.75 Å². The molecule has 0 saturated carbocycles. The van der Waals surface area contributed by atoms with E-state index in [-0.39, 0.29) is 5.91 Å². The second kappa shape index (κ2) is 6.77. The van der Waals surface area contributed by atoms with E-state index in [4.69, 9.17) is 16.3 Å². The summed E-state index contributed by atoms with van der Waals surface area (Å²) in [4.78, 5) is 14.3. The van der Waals surface area contributed by atoms with Crippen LogP contribution in [0.25, 0.3) is 0 Å². The first-order valence-electron chi connectivity index (χ1n) is 6.26. The minimum absolute atomic E-state index is 0.0330. The van der Waals surface area contributed by atoms with Crippen molar-refractivity contribution >= 4 is 28.8 Å². The van der Waals surface area contributed by atoms with Gasteiger partial charge in [0, 0.05) is 7.05 Å². The maximum Gasteiger partial charge on any atom is 0.263 e. The third kappa shape index (κ3) is 3.99. The summed E-state index contributed by atoms with van der Waals surface area (Å²) in [5.74, 6) is 0.782. The van der Waals surface area contributed by atoms with Crippen LogP contribution in [0.1, 0.15) is 15.2 Å². The van der Waals surface area contributed by atoms with Crippen LogP contribution in [0.4, 0.5) is 0 Å². The summed E-state index contributed by atoms with van der Waals surface area (Å²) in [6.45, 7) is 3.02. The van der Waals surface area contributed by atoms with Crippen LogP contribution in [-0.2, 0) is 0 Å². The summed E-state index contributed by atoms with van der Waals surface area (Å²) in [5, 5.41) is 0. The van der Waals surface area contributed by atoms with E-state index in [1.54, 1.807) is 24.1 Å². The van der Waals surface area contributed by atoms with Gasteiger partial charge in [-0.05, 0) is 31.2 Å². The highest BCUT2D eigenvalue weighted by Crippen LogP contribution is 2.22. The number of hydrogen-bond donors (Lipinski definition) is 0. The average molecular weight is 310 g/mol. The highest BCUT2D eigenvalue weighted by molar-refractivity contribution is 7.17. The molecule has 0 aliphatic rings. The number of amides is 1. The Balaban J connectivity index is 1.81. The minimum atomic E-state index is -0.0330. The molecule has 5 heteroatoms. The molecule has 2 rings (SSSR count). The Labute approximate surface area is 127 Å². The van der Waals surface area contributed by atoms with Crippen molar-refractivity contribution in [2.45, 2.75) is 6.92 Å². The third-order valence-corrected chi connectivity index (χ3v) is 4.07. The van der Waals surface area contributed by atoms with Crippen molar-refractivity contribution in [3.63, 3.8) is 0 Å². The first kappa shape index (κ1) is 14.9. The van der Waals surface area contributed by atoms with E-state index in [0.29, 0.717) is 22.4 Å². The molecule has 0 spiro atoms. The lowest BCUT2D eigenvalue weighted by molar-refractivity contribution is 0.0778. The largest absolute Gasteiger partial charge is 0.492 e. The van der Waals surface area contributed by atoms with Crippen molar-refractivity contribution in [2.75, 3.05) is 20.2 Å². The molecule has 1 amide bonds. The zero-order valence-electron chi connectivity index (χ0n) is 11.4. The van der Waals surface area contributed by atoms with Gasteiger partial charge in [-0.2, -0.15) is 0 Å². The van der Waals surface area contributed by atoms with Gasteiger partial charge in [-0.3, -0.25) is 4.79 Å². The van der Waals surface area contributed by atoms with Crippen molar-refractivity contribution < 1.29 is 9.53 Å². The number of likely N-dealkylation sites (N-methyl/N-ethyl adjacent to an activating group) is 1. The van der Waals surface area contributed by atoms with E-state index in [1.165, 1.54) is 16.9 Å². The number of thiophene rings is 1. The lowest BCUT2D eigenvalue weighted by Crippen LogP contribution is -2.30. The number of carbonyl (C=O) groups excluding carboxylic acids is 1. The van der Waals surface area contributed by atoms with Gasteiger partial charge in [-0.25, -0.2) is 0 Å². The number of benzene rings is 1. The van der Waals surface area contributed by atoms with Gasteiger partial charge in [0.1, 0.15) is 12.4 Å². The van der Waals surface area contributed by atoms with Crippen LogP contribution in [0.3, 0.4) is 0 Å². The SMILES string of the molecule is Cc1ccc(OCCN(C)C(=O)c2ccc(Cl)s2)cc1. The van der Waals surface area contributed by atoms with Gasteiger partial charge in [0.2, 0.25) is 0 Å². The van der Waals surface area contributed by atoms with Gasteiger partial charge in [-0.15, -0.1) is 11.3 Å². The number of carbonyl (C=O) groups is 1. The summed E-state index contributed by atoms with van der Waals surface area (Å²) >= 11 is 7.12. The molecule has 1 aromatic carbocycles. The minimum Gasteiger partial charge on any atom is -0.492 e. The van der Waals surface area contributed by atoms with Gasteiger partial charge >= 0.3 is 0 Å². The Morgan fingerprint density at radius 3 is 2.55 bits per heavy atom. The Morgan fingerprint density at radius 2 is 1.95 bits per heavy atom. The second-order valence-electron chi connectivity index (χ2n) is 4.49. The van der Waals surface area contributed by atoms with E-state index >= 15 is 0 Å². The smallest absolute Gasteiger partial charge is 0.263 e. The quantitative estimate of drug-likeness (QED) is 0.839. The van der Waals surface area contributed by atoms with Crippen LogP contribution >= 0.6 is 22.9 Å². The summed E-state index contributed by atoms with van der Waals surface area (Å²) in [6.07, 6.45) is 0. The molecule has 0 fully saturated rings. The number of halogens is 1. The number of hydrogen-bond acceptors (Lipinski definition) is 3. The molecular formula is C15H16ClNO2S. The molecule has 20 heavy (non-hydrogen) atoms. The molecule has 0 radical (unpaired) electrons. The molecule has 3 nitrogen and oxygen atoms in total. The molecule has 0 aliphatic carbocycles. The molecule has 0 atom stereocenters. The molecule has 1 heterocycles. The van der Waals surface area contributed by atoms with Gasteiger partial charge in [0.05, 0.1) is 15.8 Å². The molecule has 2 aromatic rings. The zero-order chi connectivity index (χ0) is 14.5. The highest BCUT2D eigenvalue weighted by atomic mass is 35.5. The highest BCUT2D eigenvalue weighted by Gasteiger charge is 2.13. The van der Waals surface area contributed by atoms with Crippen molar-refractivity contribution in [3.05, 3.63) is 51.2 Å². The summed E-state index contributed by atoms with van der Waals surface area (Å²) in [5.41, 5.74) is 1.19. The average Bonchev–Trinajstić information content (AvgIpc) is 2.86. The van der Waals surface area contributed by atoms with Gasteiger partial charge in [0.15, 0.2) is 0 Å². The third-order valence-electron chi connectivity index (χ3n) is 2.85. The maximum absolute atomic E-state index is 12.1. The molecule has 0 unspecified atom stereocenters. The molecule has 0 aliphatic heterocycles. The molecular weight excluding hydrogens is 294 g/mol. The fraction of sp³-hybridized carbons (Fsp3) is 0.267. The predicted molar refractivity (Wildman–Crippen MR) is 83.0 cm³/mol. The molecule has 0 bridgehead atoms. The first-order valence-corrected chi connectivity index (χ1v) is 7.46. The van der Waals surface area contributed by atoms with Crippen molar-refractivity contribution in [3.8, 4) is 5.75 Å². The summed E-state index contributed by atoms with van der Waals surface area (Å²) < 4.78 is 6.23. The van der Waals surface area contributed by atoms with Crippen LogP contribution in [0.15, 0.2) is 36.4 Å².